The largest absolute Gasteiger partial charge is 0.495 e. The van der Waals surface area contributed by atoms with E-state index < -0.39 is 0 Å². The Morgan fingerprint density at radius 1 is 1.53 bits per heavy atom. The molecular formula is C13H14O3S. The van der Waals surface area contributed by atoms with Crippen LogP contribution in [0.3, 0.4) is 0 Å². The van der Waals surface area contributed by atoms with Crippen LogP contribution in [0.2, 0.25) is 0 Å². The normalized spacial score (nSPS) is 9.35. The molecule has 1 rings (SSSR count). The van der Waals surface area contributed by atoms with E-state index in [1.807, 2.05) is 0 Å². The number of aliphatic hydroxyl groups is 1. The van der Waals surface area contributed by atoms with Crippen LogP contribution in [0.4, 0.5) is 0 Å². The van der Waals surface area contributed by atoms with Crippen molar-refractivity contribution in [2.45, 2.75) is 13.5 Å². The first-order valence-corrected chi connectivity index (χ1v) is 6.06. The highest BCUT2D eigenvalue weighted by Gasteiger charge is 2.01. The van der Waals surface area contributed by atoms with Crippen LogP contribution in [-0.4, -0.2) is 23.1 Å². The van der Waals surface area contributed by atoms with Gasteiger partial charge in [-0.3, -0.25) is 4.79 Å². The van der Waals surface area contributed by atoms with Gasteiger partial charge in [-0.25, -0.2) is 0 Å². The lowest BCUT2D eigenvalue weighted by atomic mass is 10.1. The zero-order valence-electron chi connectivity index (χ0n) is 9.82. The number of ether oxygens (including phenoxy) is 1. The third-order valence-electron chi connectivity index (χ3n) is 2.02. The second-order valence-corrected chi connectivity index (χ2v) is 4.43. The Morgan fingerprint density at radius 2 is 2.29 bits per heavy atom. The maximum absolute atomic E-state index is 10.7. The molecule has 0 radical (unpaired) electrons. The first-order valence-electron chi connectivity index (χ1n) is 5.07. The van der Waals surface area contributed by atoms with Crippen LogP contribution in [0.5, 0.6) is 5.75 Å². The van der Waals surface area contributed by atoms with Crippen molar-refractivity contribution in [3.05, 3.63) is 29.3 Å². The molecule has 0 amide bonds. The van der Waals surface area contributed by atoms with Crippen molar-refractivity contribution in [2.75, 3.05) is 12.9 Å². The van der Waals surface area contributed by atoms with E-state index in [1.165, 1.54) is 18.7 Å². The van der Waals surface area contributed by atoms with Gasteiger partial charge in [0, 0.05) is 6.92 Å². The number of hydrogen-bond donors (Lipinski definition) is 1. The van der Waals surface area contributed by atoms with E-state index in [9.17, 15) is 4.79 Å². The average molecular weight is 250 g/mol. The van der Waals surface area contributed by atoms with Crippen LogP contribution >= 0.6 is 11.8 Å². The number of rotatable bonds is 3. The van der Waals surface area contributed by atoms with Gasteiger partial charge in [0.05, 0.1) is 25.0 Å². The van der Waals surface area contributed by atoms with Crippen molar-refractivity contribution >= 4 is 16.9 Å². The molecule has 90 valence electrons. The second-order valence-electron chi connectivity index (χ2n) is 3.27. The van der Waals surface area contributed by atoms with E-state index in [0.29, 0.717) is 11.5 Å². The summed E-state index contributed by atoms with van der Waals surface area (Å²) in [5.41, 5.74) is 1.51. The molecule has 0 saturated carbocycles. The Bertz CT molecular complexity index is 457. The van der Waals surface area contributed by atoms with E-state index in [-0.39, 0.29) is 11.7 Å². The molecule has 0 saturated heterocycles. The third kappa shape index (κ3) is 4.51. The fourth-order valence-corrected chi connectivity index (χ4v) is 1.57. The fourth-order valence-electron chi connectivity index (χ4n) is 1.22. The summed E-state index contributed by atoms with van der Waals surface area (Å²) in [7, 11) is 1.57. The molecule has 0 aromatic heterocycles. The Kier molecular flexibility index (Phi) is 5.61. The number of carbonyl (C=O) groups excluding carboxylic acids is 1. The molecule has 1 aromatic carbocycles. The van der Waals surface area contributed by atoms with Crippen LogP contribution in [-0.2, 0) is 11.4 Å². The molecule has 0 aliphatic heterocycles. The highest BCUT2D eigenvalue weighted by atomic mass is 32.2. The van der Waals surface area contributed by atoms with E-state index in [4.69, 9.17) is 9.84 Å². The van der Waals surface area contributed by atoms with Crippen molar-refractivity contribution in [1.82, 2.24) is 0 Å². The molecule has 3 nitrogen and oxygen atoms in total. The van der Waals surface area contributed by atoms with Gasteiger partial charge in [-0.2, -0.15) is 0 Å². The molecule has 0 bridgehead atoms. The molecule has 0 fully saturated rings. The monoisotopic (exact) mass is 250 g/mol. The highest BCUT2D eigenvalue weighted by Crippen LogP contribution is 2.18. The number of carbonyl (C=O) groups is 1. The predicted octanol–water partition coefficient (Wildman–Crippen LogP) is 1.82. The van der Waals surface area contributed by atoms with Gasteiger partial charge in [0.1, 0.15) is 5.75 Å². The fraction of sp³-hybridized carbons (Fsp3) is 0.308. The molecule has 0 atom stereocenters. The van der Waals surface area contributed by atoms with E-state index in [1.54, 1.807) is 25.3 Å². The number of aliphatic hydroxyl groups excluding tert-OH is 1. The second kappa shape index (κ2) is 7.00. The summed E-state index contributed by atoms with van der Waals surface area (Å²) >= 11 is 1.17. The number of methoxy groups -OCH3 is 1. The molecule has 1 aromatic rings. The van der Waals surface area contributed by atoms with Gasteiger partial charge in [0.15, 0.2) is 5.12 Å². The Balaban J connectivity index is 2.83. The predicted molar refractivity (Wildman–Crippen MR) is 68.9 cm³/mol. The van der Waals surface area contributed by atoms with E-state index >= 15 is 0 Å². The van der Waals surface area contributed by atoms with Crippen molar-refractivity contribution in [1.29, 1.82) is 0 Å². The summed E-state index contributed by atoms with van der Waals surface area (Å²) in [6, 6.07) is 5.34. The van der Waals surface area contributed by atoms with Gasteiger partial charge in [0.25, 0.3) is 0 Å². The minimum Gasteiger partial charge on any atom is -0.495 e. The van der Waals surface area contributed by atoms with Gasteiger partial charge in [-0.15, -0.1) is 0 Å². The quantitative estimate of drug-likeness (QED) is 0.831. The summed E-state index contributed by atoms with van der Waals surface area (Å²) < 4.78 is 5.17. The molecule has 0 unspecified atom stereocenters. The van der Waals surface area contributed by atoms with Gasteiger partial charge < -0.3 is 9.84 Å². The summed E-state index contributed by atoms with van der Waals surface area (Å²) in [5, 5.41) is 9.08. The lowest BCUT2D eigenvalue weighted by molar-refractivity contribution is -0.109. The molecule has 0 spiro atoms. The first kappa shape index (κ1) is 13.6. The zero-order chi connectivity index (χ0) is 12.7. The maximum Gasteiger partial charge on any atom is 0.186 e. The number of benzene rings is 1. The van der Waals surface area contributed by atoms with Crippen LogP contribution in [0.15, 0.2) is 18.2 Å². The van der Waals surface area contributed by atoms with Crippen molar-refractivity contribution in [3.63, 3.8) is 0 Å². The number of thioether (sulfide) groups is 1. The Labute approximate surface area is 105 Å². The molecule has 4 heteroatoms. The van der Waals surface area contributed by atoms with Gasteiger partial charge >= 0.3 is 0 Å². The standard InChI is InChI=1S/C13H14O3S/c1-10(15)17-7-3-4-12-8-11(9-14)5-6-13(12)16-2/h5-6,8,14H,7,9H2,1-2H3. The van der Waals surface area contributed by atoms with Crippen molar-refractivity contribution < 1.29 is 14.6 Å². The first-order chi connectivity index (χ1) is 8.17. The smallest absolute Gasteiger partial charge is 0.186 e. The van der Waals surface area contributed by atoms with Crippen LogP contribution in [0.1, 0.15) is 18.1 Å². The minimum atomic E-state index is -0.0269. The minimum absolute atomic E-state index is 0.0269. The topological polar surface area (TPSA) is 46.5 Å². The van der Waals surface area contributed by atoms with Gasteiger partial charge in [-0.05, 0) is 17.7 Å². The molecule has 1 N–H and O–H groups in total. The summed E-state index contributed by atoms with van der Waals surface area (Å²) in [6.45, 7) is 1.49. The summed E-state index contributed by atoms with van der Waals surface area (Å²) in [5.74, 6) is 6.95. The van der Waals surface area contributed by atoms with Crippen molar-refractivity contribution in [2.24, 2.45) is 0 Å². The zero-order valence-corrected chi connectivity index (χ0v) is 10.6. The number of hydrogen-bond acceptors (Lipinski definition) is 4. The van der Waals surface area contributed by atoms with Crippen molar-refractivity contribution in [3.8, 4) is 17.6 Å². The van der Waals surface area contributed by atoms with Gasteiger partial charge in [-0.1, -0.05) is 29.7 Å². The highest BCUT2D eigenvalue weighted by molar-refractivity contribution is 8.13. The average Bonchev–Trinajstić information content (AvgIpc) is 2.34. The SMILES string of the molecule is COc1ccc(CO)cc1C#CCSC(C)=O. The van der Waals surface area contributed by atoms with E-state index in [0.717, 1.165) is 11.1 Å². The Hall–Kier alpha value is -1.44. The maximum atomic E-state index is 10.7. The lowest BCUT2D eigenvalue weighted by Gasteiger charge is -2.04. The van der Waals surface area contributed by atoms with Gasteiger partial charge in [0.2, 0.25) is 0 Å². The third-order valence-corrected chi connectivity index (χ3v) is 2.71. The van der Waals surface area contributed by atoms with Crippen LogP contribution in [0, 0.1) is 11.8 Å². The molecule has 17 heavy (non-hydrogen) atoms. The van der Waals surface area contributed by atoms with Crippen LogP contribution in [0.25, 0.3) is 0 Å². The molecule has 0 heterocycles. The molecule has 0 aliphatic rings. The van der Waals surface area contributed by atoms with E-state index in [2.05, 4.69) is 11.8 Å². The molecule has 0 aliphatic carbocycles. The molecular weight excluding hydrogens is 236 g/mol. The lowest BCUT2D eigenvalue weighted by Crippen LogP contribution is -1.91. The Morgan fingerprint density at radius 3 is 2.88 bits per heavy atom. The van der Waals surface area contributed by atoms with Crippen LogP contribution < -0.4 is 4.74 Å². The summed E-state index contributed by atoms with van der Waals surface area (Å²) in [6.07, 6.45) is 0. The summed E-state index contributed by atoms with van der Waals surface area (Å²) in [4.78, 5) is 10.7.